The van der Waals surface area contributed by atoms with E-state index in [9.17, 15) is 0 Å². The number of halogens is 2. The van der Waals surface area contributed by atoms with Crippen molar-refractivity contribution < 1.29 is 15.6 Å². The van der Waals surface area contributed by atoms with Crippen LogP contribution in [-0.4, -0.2) is 5.92 Å². The Kier molecular flexibility index (Phi) is 7.99. The van der Waals surface area contributed by atoms with E-state index in [1.165, 1.54) is 57.4 Å². The number of hydrogen-bond acceptors (Lipinski definition) is 0. The summed E-state index contributed by atoms with van der Waals surface area (Å²) < 4.78 is 0.419. The van der Waals surface area contributed by atoms with Crippen LogP contribution >= 0.6 is 17.0 Å². The molecular formula is C32H43Cl2SiZr. The summed E-state index contributed by atoms with van der Waals surface area (Å²) >= 11 is -4.39. The molecule has 2 aromatic carbocycles. The second kappa shape index (κ2) is 10.1. The van der Waals surface area contributed by atoms with Gasteiger partial charge in [0.15, 0.2) is 0 Å². The molecule has 2 atom stereocenters. The van der Waals surface area contributed by atoms with E-state index in [1.807, 2.05) is 0 Å². The standard InChI is InChI=1S/C20H21.C10H15.C2H7Si.2ClH.Zr/c1-14-12-16-6-5-7-18(19(16)13-14)15-8-10-17(11-9-15)20(2,3)4;1-3-4-5-10-7-6-9(2)8-10;1-3-2;;;/h5-13H,1-4H3;6-8H,3-5H2,1-2H3;3H,1-2H3;2*1H;/q;;;;;+2/p-2. The molecule has 2 aliphatic rings. The van der Waals surface area contributed by atoms with Gasteiger partial charge in [-0.1, -0.05) is 0 Å². The van der Waals surface area contributed by atoms with Crippen LogP contribution in [0.3, 0.4) is 0 Å². The number of benzene rings is 2. The van der Waals surface area contributed by atoms with Crippen molar-refractivity contribution in [1.82, 2.24) is 0 Å². The number of fused-ring (bicyclic) bond motifs is 1. The van der Waals surface area contributed by atoms with Crippen LogP contribution in [0.25, 0.3) is 17.2 Å². The van der Waals surface area contributed by atoms with Crippen molar-refractivity contribution in [1.29, 1.82) is 0 Å². The summed E-state index contributed by atoms with van der Waals surface area (Å²) in [5.74, 6) is -1.41. The third-order valence-electron chi connectivity index (χ3n) is 8.69. The molecule has 4 rings (SSSR count). The van der Waals surface area contributed by atoms with Crippen molar-refractivity contribution >= 4 is 29.0 Å². The Morgan fingerprint density at radius 1 is 0.917 bits per heavy atom. The molecule has 0 fully saturated rings. The minimum atomic E-state index is -4.39. The van der Waals surface area contributed by atoms with Crippen LogP contribution in [-0.2, 0) is 21.0 Å². The molecule has 0 spiro atoms. The number of allylic oxidation sites excluding steroid dienone is 5. The van der Waals surface area contributed by atoms with Gasteiger partial charge in [-0.15, -0.1) is 0 Å². The second-order valence-electron chi connectivity index (χ2n) is 12.5. The van der Waals surface area contributed by atoms with Crippen molar-refractivity contribution in [3.8, 4) is 11.1 Å². The zero-order valence-corrected chi connectivity index (χ0v) is 28.5. The molecule has 0 heterocycles. The third kappa shape index (κ3) is 4.79. The predicted molar refractivity (Wildman–Crippen MR) is 163 cm³/mol. The maximum atomic E-state index is 8.14. The van der Waals surface area contributed by atoms with Gasteiger partial charge < -0.3 is 0 Å². The summed E-state index contributed by atoms with van der Waals surface area (Å²) in [6, 6.07) is 15.9. The molecule has 0 amide bonds. The van der Waals surface area contributed by atoms with Crippen molar-refractivity contribution in [2.75, 3.05) is 0 Å². The van der Waals surface area contributed by atoms with Crippen molar-refractivity contribution in [2.45, 2.75) is 86.6 Å². The Morgan fingerprint density at radius 3 is 2.17 bits per heavy atom. The quantitative estimate of drug-likeness (QED) is 0.271. The van der Waals surface area contributed by atoms with Gasteiger partial charge in [-0.2, -0.15) is 0 Å². The molecule has 193 valence electrons. The first kappa shape index (κ1) is 28.4. The van der Waals surface area contributed by atoms with Crippen molar-refractivity contribution in [3.63, 3.8) is 0 Å². The van der Waals surface area contributed by atoms with E-state index in [-0.39, 0.29) is 12.7 Å². The van der Waals surface area contributed by atoms with Gasteiger partial charge in [-0.05, 0) is 0 Å². The Morgan fingerprint density at radius 2 is 1.58 bits per heavy atom. The normalized spacial score (nSPS) is 21.1. The minimum absolute atomic E-state index is 0.147. The van der Waals surface area contributed by atoms with E-state index >= 15 is 0 Å². The van der Waals surface area contributed by atoms with Gasteiger partial charge in [0.1, 0.15) is 0 Å². The molecule has 0 bridgehead atoms. The Labute approximate surface area is 228 Å². The molecule has 0 radical (unpaired) electrons. The molecule has 2 unspecified atom stereocenters. The van der Waals surface area contributed by atoms with Crippen LogP contribution in [0.2, 0.25) is 16.7 Å². The average Bonchev–Trinajstić information content (AvgIpc) is 3.36. The van der Waals surface area contributed by atoms with E-state index in [4.69, 9.17) is 17.0 Å². The molecular weight excluding hydrogens is 575 g/mol. The van der Waals surface area contributed by atoms with Gasteiger partial charge in [0, 0.05) is 0 Å². The van der Waals surface area contributed by atoms with Crippen LogP contribution in [0.15, 0.2) is 71.3 Å². The summed E-state index contributed by atoms with van der Waals surface area (Å²) in [6.07, 6.45) is 10.9. The molecule has 0 saturated heterocycles. The fourth-order valence-corrected chi connectivity index (χ4v) is 38.0. The summed E-state index contributed by atoms with van der Waals surface area (Å²) in [5.41, 5.74) is 11.0. The molecule has 0 aliphatic heterocycles. The van der Waals surface area contributed by atoms with E-state index in [1.54, 1.807) is 0 Å². The fourth-order valence-electron chi connectivity index (χ4n) is 6.46. The van der Waals surface area contributed by atoms with Gasteiger partial charge in [0.25, 0.3) is 0 Å². The fraction of sp³-hybridized carbons (Fsp3) is 0.438. The number of rotatable bonds is 7. The molecule has 0 nitrogen and oxygen atoms in total. The van der Waals surface area contributed by atoms with Gasteiger partial charge in [0.2, 0.25) is 0 Å². The zero-order chi connectivity index (χ0) is 26.5. The summed E-state index contributed by atoms with van der Waals surface area (Å²) in [4.78, 5) is 0. The van der Waals surface area contributed by atoms with E-state index < -0.39 is 21.5 Å². The van der Waals surface area contributed by atoms with E-state index in [0.29, 0.717) is 0 Å². The first-order valence-electron chi connectivity index (χ1n) is 13.7. The van der Waals surface area contributed by atoms with E-state index in [2.05, 4.69) is 115 Å². The maximum absolute atomic E-state index is 8.14. The SMILES string of the molecule is CCCCC1=C[CH]([Zr]([Cl])([Cl])([CH]2C(C)=Cc3c(-c4ccc(C(C)(C)C)cc4)cccc32)[SiH](C)C)C(C)=C1. The van der Waals surface area contributed by atoms with Crippen LogP contribution in [0, 0.1) is 0 Å². The van der Waals surface area contributed by atoms with Gasteiger partial charge in [-0.25, -0.2) is 0 Å². The van der Waals surface area contributed by atoms with E-state index in [0.717, 1.165) is 6.42 Å². The number of unbranched alkanes of at least 4 members (excludes halogenated alkanes) is 1. The zero-order valence-electron chi connectivity index (χ0n) is 23.4. The molecule has 4 heteroatoms. The molecule has 0 N–H and O–H groups in total. The van der Waals surface area contributed by atoms with Gasteiger partial charge in [0.05, 0.1) is 0 Å². The average molecular weight is 618 g/mol. The molecule has 36 heavy (non-hydrogen) atoms. The molecule has 2 aromatic rings. The molecule has 0 saturated carbocycles. The Balaban J connectivity index is 1.82. The van der Waals surface area contributed by atoms with Gasteiger partial charge >= 0.3 is 230 Å². The van der Waals surface area contributed by atoms with Crippen molar-refractivity contribution in [2.24, 2.45) is 0 Å². The van der Waals surface area contributed by atoms with Crippen molar-refractivity contribution in [3.05, 3.63) is 88.0 Å². The second-order valence-corrected chi connectivity index (χ2v) is 55.2. The van der Waals surface area contributed by atoms with Gasteiger partial charge in [-0.3, -0.25) is 0 Å². The molecule has 0 aromatic heterocycles. The number of hydrogen-bond donors (Lipinski definition) is 0. The monoisotopic (exact) mass is 615 g/mol. The third-order valence-corrected chi connectivity index (χ3v) is 61.2. The predicted octanol–water partition coefficient (Wildman–Crippen LogP) is 11.0. The first-order valence-corrected chi connectivity index (χ1v) is 30.0. The van der Waals surface area contributed by atoms with Crippen LogP contribution < -0.4 is 0 Å². The summed E-state index contributed by atoms with van der Waals surface area (Å²) in [7, 11) is 16.3. The van der Waals surface area contributed by atoms with Crippen LogP contribution in [0.1, 0.15) is 81.1 Å². The first-order chi connectivity index (χ1) is 16.8. The summed E-state index contributed by atoms with van der Waals surface area (Å²) in [6.45, 7) is 18.4. The Hall–Kier alpha value is -0.660. The van der Waals surface area contributed by atoms with Crippen LogP contribution in [0.4, 0.5) is 0 Å². The Bertz CT molecular complexity index is 1240. The van der Waals surface area contributed by atoms with Crippen LogP contribution in [0.5, 0.6) is 0 Å². The molecule has 2 aliphatic carbocycles. The summed E-state index contributed by atoms with van der Waals surface area (Å²) in [5, 5.41) is 0. The topological polar surface area (TPSA) is 0 Å².